The Balaban J connectivity index is 1.67. The van der Waals surface area contributed by atoms with Gasteiger partial charge >= 0.3 is 11.8 Å². The summed E-state index contributed by atoms with van der Waals surface area (Å²) in [6.07, 6.45) is 0.267. The first-order chi connectivity index (χ1) is 11.1. The molecule has 0 aromatic heterocycles. The minimum atomic E-state index is -1.35. The SMILES string of the molecule is CCOC(=O)c1ccc2c(c1)C[C@]1(O2)Oc2ccccc2C1=O. The molecule has 5 nitrogen and oxygen atoms in total. The largest absolute Gasteiger partial charge is 0.462 e. The van der Waals surface area contributed by atoms with Crippen molar-refractivity contribution in [1.82, 2.24) is 0 Å². The summed E-state index contributed by atoms with van der Waals surface area (Å²) >= 11 is 0. The third kappa shape index (κ3) is 2.00. The quantitative estimate of drug-likeness (QED) is 0.798. The zero-order valence-electron chi connectivity index (χ0n) is 12.5. The first-order valence-electron chi connectivity index (χ1n) is 7.45. The van der Waals surface area contributed by atoms with Gasteiger partial charge in [-0.25, -0.2) is 4.79 Å². The number of Topliss-reactive ketones (excluding diaryl/α,β-unsaturated/α-hetero) is 1. The molecule has 2 heterocycles. The van der Waals surface area contributed by atoms with Crippen LogP contribution in [0.3, 0.4) is 0 Å². The molecule has 2 aliphatic rings. The number of ketones is 1. The lowest BCUT2D eigenvalue weighted by Gasteiger charge is -2.20. The van der Waals surface area contributed by atoms with Gasteiger partial charge in [0.1, 0.15) is 11.5 Å². The van der Waals surface area contributed by atoms with E-state index in [0.29, 0.717) is 29.2 Å². The number of ether oxygens (including phenoxy) is 3. The fourth-order valence-corrected chi connectivity index (χ4v) is 2.98. The van der Waals surface area contributed by atoms with Crippen molar-refractivity contribution in [1.29, 1.82) is 0 Å². The maximum absolute atomic E-state index is 12.7. The van der Waals surface area contributed by atoms with E-state index >= 15 is 0 Å². The first-order valence-corrected chi connectivity index (χ1v) is 7.45. The highest BCUT2D eigenvalue weighted by Gasteiger charge is 2.54. The molecule has 0 N–H and O–H groups in total. The number of esters is 1. The second kappa shape index (κ2) is 4.84. The molecule has 0 radical (unpaired) electrons. The summed E-state index contributed by atoms with van der Waals surface area (Å²) in [5.41, 5.74) is 1.72. The average molecular weight is 310 g/mol. The van der Waals surface area contributed by atoms with Gasteiger partial charge in [-0.2, -0.15) is 0 Å². The lowest BCUT2D eigenvalue weighted by molar-refractivity contribution is -0.0531. The van der Waals surface area contributed by atoms with Gasteiger partial charge in [0.25, 0.3) is 5.78 Å². The summed E-state index contributed by atoms with van der Waals surface area (Å²) in [7, 11) is 0. The molecule has 23 heavy (non-hydrogen) atoms. The van der Waals surface area contributed by atoms with Crippen LogP contribution in [0.15, 0.2) is 42.5 Å². The highest BCUT2D eigenvalue weighted by Crippen LogP contribution is 2.44. The molecule has 0 unspecified atom stereocenters. The molecule has 4 rings (SSSR count). The number of rotatable bonds is 2. The van der Waals surface area contributed by atoms with E-state index in [1.54, 1.807) is 43.3 Å². The van der Waals surface area contributed by atoms with Crippen molar-refractivity contribution in [2.75, 3.05) is 6.61 Å². The predicted octanol–water partition coefficient (Wildman–Crippen LogP) is 2.77. The second-order valence-corrected chi connectivity index (χ2v) is 5.50. The molecular formula is C18H14O5. The highest BCUT2D eigenvalue weighted by molar-refractivity contribution is 6.07. The van der Waals surface area contributed by atoms with Crippen LogP contribution < -0.4 is 9.47 Å². The molecule has 2 aromatic rings. The standard InChI is InChI=1S/C18H14O5/c1-2-21-17(20)11-7-8-14-12(9-11)10-18(22-14)16(19)13-5-3-4-6-15(13)23-18/h3-9H,2,10H2,1H3/t18-/m0/s1. The summed E-state index contributed by atoms with van der Waals surface area (Å²) in [5, 5.41) is 0. The molecule has 1 spiro atoms. The maximum Gasteiger partial charge on any atom is 0.338 e. The highest BCUT2D eigenvalue weighted by atomic mass is 16.7. The minimum absolute atomic E-state index is 0.193. The molecule has 2 aliphatic heterocycles. The van der Waals surface area contributed by atoms with Gasteiger partial charge in [0.2, 0.25) is 0 Å². The zero-order valence-corrected chi connectivity index (χ0v) is 12.5. The van der Waals surface area contributed by atoms with Crippen LogP contribution in [0.4, 0.5) is 0 Å². The minimum Gasteiger partial charge on any atom is -0.462 e. The van der Waals surface area contributed by atoms with Gasteiger partial charge in [-0.3, -0.25) is 4.79 Å². The number of para-hydroxylation sites is 1. The molecule has 0 aliphatic carbocycles. The van der Waals surface area contributed by atoms with Crippen LogP contribution in [0.25, 0.3) is 0 Å². The van der Waals surface area contributed by atoms with Gasteiger partial charge < -0.3 is 14.2 Å². The fraction of sp³-hybridized carbons (Fsp3) is 0.222. The van der Waals surface area contributed by atoms with Crippen molar-refractivity contribution >= 4 is 11.8 Å². The van der Waals surface area contributed by atoms with Gasteiger partial charge in [0.05, 0.1) is 24.2 Å². The third-order valence-corrected chi connectivity index (χ3v) is 4.02. The van der Waals surface area contributed by atoms with Crippen molar-refractivity contribution in [3.63, 3.8) is 0 Å². The van der Waals surface area contributed by atoms with E-state index in [9.17, 15) is 9.59 Å². The summed E-state index contributed by atoms with van der Waals surface area (Å²) in [6, 6.07) is 12.1. The van der Waals surface area contributed by atoms with Crippen molar-refractivity contribution in [3.05, 3.63) is 59.2 Å². The molecule has 0 saturated carbocycles. The van der Waals surface area contributed by atoms with Crippen molar-refractivity contribution in [2.45, 2.75) is 19.1 Å². The van der Waals surface area contributed by atoms with Crippen LogP contribution in [0.2, 0.25) is 0 Å². The predicted molar refractivity (Wildman–Crippen MR) is 80.9 cm³/mol. The van der Waals surface area contributed by atoms with E-state index in [1.165, 1.54) is 0 Å². The van der Waals surface area contributed by atoms with Gasteiger partial charge in [0, 0.05) is 5.56 Å². The van der Waals surface area contributed by atoms with Gasteiger partial charge in [-0.15, -0.1) is 0 Å². The number of fused-ring (bicyclic) bond motifs is 2. The Morgan fingerprint density at radius 1 is 1.17 bits per heavy atom. The van der Waals surface area contributed by atoms with Crippen molar-refractivity contribution in [2.24, 2.45) is 0 Å². The Labute approximate surface area is 132 Å². The first kappa shape index (κ1) is 13.8. The average Bonchev–Trinajstić information content (AvgIpc) is 3.05. The topological polar surface area (TPSA) is 61.8 Å². The fourth-order valence-electron chi connectivity index (χ4n) is 2.98. The number of carbonyl (C=O) groups is 2. The number of hydrogen-bond acceptors (Lipinski definition) is 5. The molecule has 0 saturated heterocycles. The Morgan fingerprint density at radius 2 is 1.96 bits per heavy atom. The van der Waals surface area contributed by atoms with Crippen LogP contribution in [-0.2, 0) is 11.2 Å². The van der Waals surface area contributed by atoms with E-state index in [4.69, 9.17) is 14.2 Å². The molecule has 1 atom stereocenters. The molecular weight excluding hydrogens is 296 g/mol. The molecule has 5 heteroatoms. The normalized spacial score (nSPS) is 20.7. The smallest absolute Gasteiger partial charge is 0.338 e. The van der Waals surface area contributed by atoms with Crippen molar-refractivity contribution in [3.8, 4) is 11.5 Å². The number of benzene rings is 2. The lowest BCUT2D eigenvalue weighted by Crippen LogP contribution is -2.44. The summed E-state index contributed by atoms with van der Waals surface area (Å²) in [4.78, 5) is 24.5. The van der Waals surface area contributed by atoms with Crippen LogP contribution in [0, 0.1) is 0 Å². The van der Waals surface area contributed by atoms with E-state index in [2.05, 4.69) is 0 Å². The van der Waals surface area contributed by atoms with Gasteiger partial charge in [-0.05, 0) is 37.3 Å². The summed E-state index contributed by atoms with van der Waals surface area (Å²) < 4.78 is 16.6. The van der Waals surface area contributed by atoms with E-state index in [-0.39, 0.29) is 12.2 Å². The molecule has 0 fully saturated rings. The molecule has 0 bridgehead atoms. The van der Waals surface area contributed by atoms with Crippen LogP contribution >= 0.6 is 0 Å². The van der Waals surface area contributed by atoms with Gasteiger partial charge in [-0.1, -0.05) is 12.1 Å². The monoisotopic (exact) mass is 310 g/mol. The van der Waals surface area contributed by atoms with E-state index in [0.717, 1.165) is 5.56 Å². The van der Waals surface area contributed by atoms with Gasteiger partial charge in [0.15, 0.2) is 0 Å². The Kier molecular flexibility index (Phi) is 2.91. The van der Waals surface area contributed by atoms with Crippen LogP contribution in [0.1, 0.15) is 33.2 Å². The summed E-state index contributed by atoms with van der Waals surface area (Å²) in [6.45, 7) is 2.07. The Morgan fingerprint density at radius 3 is 2.74 bits per heavy atom. The second-order valence-electron chi connectivity index (χ2n) is 5.50. The van der Waals surface area contributed by atoms with E-state index in [1.807, 2.05) is 6.07 Å². The molecule has 116 valence electrons. The summed E-state index contributed by atoms with van der Waals surface area (Å²) in [5.74, 6) is -0.852. The maximum atomic E-state index is 12.7. The third-order valence-electron chi connectivity index (χ3n) is 4.02. The Bertz CT molecular complexity index is 826. The zero-order chi connectivity index (χ0) is 16.0. The van der Waals surface area contributed by atoms with Crippen molar-refractivity contribution < 1.29 is 23.8 Å². The van der Waals surface area contributed by atoms with Crippen LogP contribution in [0.5, 0.6) is 11.5 Å². The van der Waals surface area contributed by atoms with Crippen LogP contribution in [-0.4, -0.2) is 24.1 Å². The lowest BCUT2D eigenvalue weighted by atomic mass is 10.00. The molecule has 2 aromatic carbocycles. The van der Waals surface area contributed by atoms with E-state index < -0.39 is 11.8 Å². The molecule has 0 amide bonds. The number of hydrogen-bond donors (Lipinski definition) is 0. The number of carbonyl (C=O) groups excluding carboxylic acids is 2. The Hall–Kier alpha value is -2.82.